The minimum Gasteiger partial charge on any atom is -0.326 e. The van der Waals surface area contributed by atoms with Gasteiger partial charge in [0.05, 0.1) is 12.2 Å². The Morgan fingerprint density at radius 3 is 2.52 bits per heavy atom. The van der Waals surface area contributed by atoms with E-state index in [0.717, 1.165) is 21.9 Å². The monoisotopic (exact) mass is 433 g/mol. The third-order valence-electron chi connectivity index (χ3n) is 5.09. The molecule has 1 aromatic heterocycles. The van der Waals surface area contributed by atoms with Crippen molar-refractivity contribution in [2.24, 2.45) is 0 Å². The number of hydrogen-bond acceptors (Lipinski definition) is 4. The molecular formula is C24H23N3O3S. The summed E-state index contributed by atoms with van der Waals surface area (Å²) in [5, 5.41) is 2.84. The first kappa shape index (κ1) is 20.9. The highest BCUT2D eigenvalue weighted by atomic mass is 32.2. The molecule has 0 spiro atoms. The van der Waals surface area contributed by atoms with Crippen molar-refractivity contribution in [3.8, 4) is 0 Å². The predicted octanol–water partition coefficient (Wildman–Crippen LogP) is 3.75. The molecule has 0 unspecified atom stereocenters. The number of anilines is 2. The summed E-state index contributed by atoms with van der Waals surface area (Å²) in [6.45, 7) is 1.13. The molecule has 2 heterocycles. The molecule has 1 N–H and O–H groups in total. The van der Waals surface area contributed by atoms with Gasteiger partial charge in [0.1, 0.15) is 0 Å². The Kier molecular flexibility index (Phi) is 6.52. The number of carbonyl (C=O) groups excluding carboxylic acids is 2. The van der Waals surface area contributed by atoms with Gasteiger partial charge in [0.25, 0.3) is 5.56 Å². The third-order valence-corrected chi connectivity index (χ3v) is 6.13. The number of carbonyl (C=O) groups is 2. The van der Waals surface area contributed by atoms with E-state index in [1.54, 1.807) is 45.6 Å². The lowest BCUT2D eigenvalue weighted by molar-refractivity contribution is -0.122. The number of para-hydroxylation sites is 1. The normalized spacial score (nSPS) is 12.8. The molecule has 6 nitrogen and oxygen atoms in total. The molecule has 158 valence electrons. The molecule has 7 heteroatoms. The number of nitrogens with one attached hydrogen (secondary N) is 1. The summed E-state index contributed by atoms with van der Waals surface area (Å²) >= 11 is 1.75. The number of aromatic nitrogens is 1. The number of pyridine rings is 1. The second-order valence-electron chi connectivity index (χ2n) is 7.27. The number of thioether (sulfide) groups is 1. The van der Waals surface area contributed by atoms with Crippen molar-refractivity contribution < 1.29 is 9.59 Å². The maximum absolute atomic E-state index is 12.7. The van der Waals surface area contributed by atoms with Crippen molar-refractivity contribution in [3.63, 3.8) is 0 Å². The number of nitrogens with zero attached hydrogens (tertiary/aromatic N) is 2. The molecule has 2 aromatic carbocycles. The number of amides is 2. The van der Waals surface area contributed by atoms with Crippen LogP contribution < -0.4 is 15.8 Å². The Bertz CT molecular complexity index is 1140. The van der Waals surface area contributed by atoms with Crippen LogP contribution in [0.25, 0.3) is 0 Å². The molecule has 0 saturated heterocycles. The Hall–Kier alpha value is -3.32. The first-order chi connectivity index (χ1) is 15.1. The fourth-order valence-corrected chi connectivity index (χ4v) is 4.48. The van der Waals surface area contributed by atoms with Crippen LogP contribution in [0, 0.1) is 0 Å². The summed E-state index contributed by atoms with van der Waals surface area (Å²) in [7, 11) is 0. The first-order valence-corrected chi connectivity index (χ1v) is 11.2. The zero-order valence-corrected chi connectivity index (χ0v) is 17.8. The molecule has 3 aromatic rings. The van der Waals surface area contributed by atoms with Crippen molar-refractivity contribution in [1.82, 2.24) is 4.57 Å². The van der Waals surface area contributed by atoms with Crippen LogP contribution >= 0.6 is 11.8 Å². The summed E-state index contributed by atoms with van der Waals surface area (Å²) in [4.78, 5) is 39.7. The lowest BCUT2D eigenvalue weighted by Gasteiger charge is -2.29. The second-order valence-corrected chi connectivity index (χ2v) is 8.41. The van der Waals surface area contributed by atoms with Gasteiger partial charge in [-0.2, -0.15) is 0 Å². The van der Waals surface area contributed by atoms with E-state index < -0.39 is 0 Å². The van der Waals surface area contributed by atoms with Gasteiger partial charge in [-0.25, -0.2) is 0 Å². The standard InChI is InChI=1S/C24H23N3O3S/c28-22(12-13-24(30)27-15-16-31-21-6-2-1-5-20(21)27)25-19-10-8-18(9-11-19)17-26-14-4-3-7-23(26)29/h1-11,14H,12-13,15-17H2,(H,25,28). The quantitative estimate of drug-likeness (QED) is 0.643. The van der Waals surface area contributed by atoms with Gasteiger partial charge < -0.3 is 14.8 Å². The van der Waals surface area contributed by atoms with E-state index in [1.165, 1.54) is 6.07 Å². The van der Waals surface area contributed by atoms with E-state index in [2.05, 4.69) is 5.32 Å². The van der Waals surface area contributed by atoms with E-state index in [9.17, 15) is 14.4 Å². The molecule has 31 heavy (non-hydrogen) atoms. The maximum atomic E-state index is 12.7. The first-order valence-electron chi connectivity index (χ1n) is 10.2. The average molecular weight is 434 g/mol. The zero-order valence-electron chi connectivity index (χ0n) is 17.0. The van der Waals surface area contributed by atoms with E-state index in [-0.39, 0.29) is 30.2 Å². The van der Waals surface area contributed by atoms with Crippen molar-refractivity contribution in [1.29, 1.82) is 0 Å². The van der Waals surface area contributed by atoms with Gasteiger partial charge in [-0.3, -0.25) is 14.4 Å². The summed E-state index contributed by atoms with van der Waals surface area (Å²) in [6, 6.07) is 20.3. The van der Waals surface area contributed by atoms with Crippen LogP contribution in [0.3, 0.4) is 0 Å². The Morgan fingerprint density at radius 1 is 0.935 bits per heavy atom. The van der Waals surface area contributed by atoms with Crippen LogP contribution in [0.15, 0.2) is 82.6 Å². The largest absolute Gasteiger partial charge is 0.326 e. The smallest absolute Gasteiger partial charge is 0.250 e. The van der Waals surface area contributed by atoms with Crippen LogP contribution in [-0.2, 0) is 16.1 Å². The SMILES string of the molecule is O=C(CCC(=O)N1CCSc2ccccc21)Nc1ccc(Cn2ccccc2=O)cc1. The molecular weight excluding hydrogens is 410 g/mol. The summed E-state index contributed by atoms with van der Waals surface area (Å²) in [5.41, 5.74) is 2.50. The van der Waals surface area contributed by atoms with Gasteiger partial charge in [-0.05, 0) is 35.9 Å². The van der Waals surface area contributed by atoms with E-state index in [0.29, 0.717) is 18.8 Å². The minimum atomic E-state index is -0.194. The van der Waals surface area contributed by atoms with Crippen LogP contribution in [-0.4, -0.2) is 28.7 Å². The molecule has 0 radical (unpaired) electrons. The topological polar surface area (TPSA) is 71.4 Å². The molecule has 1 aliphatic rings. The number of hydrogen-bond donors (Lipinski definition) is 1. The number of fused-ring (bicyclic) bond motifs is 1. The number of benzene rings is 2. The van der Waals surface area contributed by atoms with Crippen LogP contribution in [0.2, 0.25) is 0 Å². The summed E-state index contributed by atoms with van der Waals surface area (Å²) < 4.78 is 1.62. The molecule has 0 aliphatic carbocycles. The maximum Gasteiger partial charge on any atom is 0.250 e. The highest BCUT2D eigenvalue weighted by Gasteiger charge is 2.22. The molecule has 0 saturated carbocycles. The van der Waals surface area contributed by atoms with Crippen molar-refractivity contribution in [3.05, 3.63) is 88.8 Å². The highest BCUT2D eigenvalue weighted by molar-refractivity contribution is 7.99. The number of rotatable bonds is 6. The Balaban J connectivity index is 1.30. The van der Waals surface area contributed by atoms with Crippen LogP contribution in [0.4, 0.5) is 11.4 Å². The summed E-state index contributed by atoms with van der Waals surface area (Å²) in [5.74, 6) is 0.628. The zero-order chi connectivity index (χ0) is 21.6. The predicted molar refractivity (Wildman–Crippen MR) is 124 cm³/mol. The molecule has 4 rings (SSSR count). The molecule has 0 bridgehead atoms. The van der Waals surface area contributed by atoms with E-state index in [1.807, 2.05) is 42.5 Å². The molecule has 2 amide bonds. The van der Waals surface area contributed by atoms with Crippen LogP contribution in [0.5, 0.6) is 0 Å². The molecule has 0 atom stereocenters. The van der Waals surface area contributed by atoms with Gasteiger partial charge >= 0.3 is 0 Å². The Labute approximate surface area is 184 Å². The Morgan fingerprint density at radius 2 is 1.71 bits per heavy atom. The lowest BCUT2D eigenvalue weighted by Crippen LogP contribution is -2.35. The van der Waals surface area contributed by atoms with Gasteiger partial charge in [0, 0.05) is 48.0 Å². The fraction of sp³-hybridized carbons (Fsp3) is 0.208. The second kappa shape index (κ2) is 9.66. The minimum absolute atomic E-state index is 0.0356. The molecule has 1 aliphatic heterocycles. The van der Waals surface area contributed by atoms with Crippen molar-refractivity contribution in [2.45, 2.75) is 24.3 Å². The van der Waals surface area contributed by atoms with E-state index in [4.69, 9.17) is 0 Å². The van der Waals surface area contributed by atoms with E-state index >= 15 is 0 Å². The van der Waals surface area contributed by atoms with Gasteiger partial charge in [-0.1, -0.05) is 30.3 Å². The average Bonchev–Trinajstić information content (AvgIpc) is 2.80. The van der Waals surface area contributed by atoms with Crippen LogP contribution in [0.1, 0.15) is 18.4 Å². The third kappa shape index (κ3) is 5.24. The van der Waals surface area contributed by atoms with Gasteiger partial charge in [0.2, 0.25) is 11.8 Å². The lowest BCUT2D eigenvalue weighted by atomic mass is 10.2. The van der Waals surface area contributed by atoms with Crippen molar-refractivity contribution >= 4 is 35.0 Å². The molecule has 0 fully saturated rings. The fourth-order valence-electron chi connectivity index (χ4n) is 3.49. The summed E-state index contributed by atoms with van der Waals surface area (Å²) in [6.07, 6.45) is 2.04. The van der Waals surface area contributed by atoms with Gasteiger partial charge in [0.15, 0.2) is 0 Å². The van der Waals surface area contributed by atoms with Crippen molar-refractivity contribution in [2.75, 3.05) is 22.5 Å². The van der Waals surface area contributed by atoms with Gasteiger partial charge in [-0.15, -0.1) is 11.8 Å². The highest BCUT2D eigenvalue weighted by Crippen LogP contribution is 2.34.